The minimum absolute atomic E-state index is 0.254. The number of hydrogen-bond donors (Lipinski definition) is 1. The molecule has 5 aromatic rings. The minimum Gasteiger partial charge on any atom is -0.497 e. The van der Waals surface area contributed by atoms with E-state index in [1.54, 1.807) is 14.2 Å². The number of nitrogens with one attached hydrogen (secondary N) is 1. The highest BCUT2D eigenvalue weighted by molar-refractivity contribution is 7.44. The summed E-state index contributed by atoms with van der Waals surface area (Å²) in [6.45, 7) is 14.3. The molecular weight excluding hydrogens is 846 g/mol. The van der Waals surface area contributed by atoms with Crippen LogP contribution in [-0.4, -0.2) is 63.4 Å². The van der Waals surface area contributed by atoms with E-state index in [1.165, 1.54) is 0 Å². The second kappa shape index (κ2) is 28.7. The Bertz CT molecular complexity index is 2020. The molecule has 1 amide bonds. The minimum atomic E-state index is -1.26. The smallest absolute Gasteiger partial charge is 0.408 e. The quantitative estimate of drug-likeness (QED) is 0.0313. The number of benzene rings is 5. The van der Waals surface area contributed by atoms with E-state index in [0.29, 0.717) is 45.6 Å². The fraction of sp³-hybridized carbons (Fsp3) is 0.418. The molecule has 354 valence electrons. The zero-order valence-corrected chi connectivity index (χ0v) is 41.3. The summed E-state index contributed by atoms with van der Waals surface area (Å²) in [5, 5.41) is 12.1. The standard InChI is InChI=1S/C53H66N3O7P.C2H6/c1-42(2)56(43(3)4)64(62-41-21-37-54)61-40-19-8-7-18-38-55-51(57)63-52(44-22-12-9-13-23-44,45-24-14-10-15-25-45)36-20-39-60-53(46-26-16-11-17-27-46,47-28-32-49(58-5)33-29-47)48-30-34-50(59-6)35-31-48;1-2/h9-17,22-35,42-43H,7-8,18-21,36,38-41H2,1-6H3,(H,55,57);1-2H3. The second-order valence-electron chi connectivity index (χ2n) is 16.1. The normalized spacial score (nSPS) is 12.0. The van der Waals surface area contributed by atoms with E-state index in [4.69, 9.17) is 33.3 Å². The molecule has 0 bridgehead atoms. The molecular formula is C55H72N3O7P. The van der Waals surface area contributed by atoms with Crippen molar-refractivity contribution >= 4 is 14.6 Å². The maximum absolute atomic E-state index is 13.9. The molecule has 0 fully saturated rings. The number of carbonyl (C=O) groups is 1. The van der Waals surface area contributed by atoms with Gasteiger partial charge in [0.1, 0.15) is 17.1 Å². The third-order valence-corrected chi connectivity index (χ3v) is 13.2. The molecule has 0 aliphatic carbocycles. The molecule has 5 aromatic carbocycles. The first kappa shape index (κ1) is 53.3. The molecule has 5 rings (SSSR count). The molecule has 0 saturated carbocycles. The van der Waals surface area contributed by atoms with Gasteiger partial charge in [0.2, 0.25) is 0 Å². The number of methoxy groups -OCH3 is 2. The van der Waals surface area contributed by atoms with E-state index >= 15 is 0 Å². The summed E-state index contributed by atoms with van der Waals surface area (Å²) in [5.74, 6) is 1.50. The number of ether oxygens (including phenoxy) is 4. The lowest BCUT2D eigenvalue weighted by Crippen LogP contribution is -2.39. The average molecular weight is 918 g/mol. The van der Waals surface area contributed by atoms with Gasteiger partial charge in [-0.3, -0.25) is 0 Å². The van der Waals surface area contributed by atoms with Crippen molar-refractivity contribution in [3.63, 3.8) is 0 Å². The molecule has 11 heteroatoms. The van der Waals surface area contributed by atoms with Gasteiger partial charge in [0.15, 0.2) is 5.60 Å². The van der Waals surface area contributed by atoms with E-state index in [-0.39, 0.29) is 12.1 Å². The summed E-state index contributed by atoms with van der Waals surface area (Å²) < 4.78 is 39.5. The highest BCUT2D eigenvalue weighted by atomic mass is 31.2. The SMILES string of the molecule is CC.COc1ccc(C(OCCCC(OC(=O)NCCCCCCOP(OCCC#N)N(C(C)C)C(C)C)(c2ccccc2)c2ccccc2)(c2ccccc2)c2ccc(OC)cc2)cc1. The number of alkyl carbamates (subject to hydrolysis) is 1. The number of unbranched alkanes of at least 4 members (excludes halogenated alkanes) is 3. The number of amides is 1. The van der Waals surface area contributed by atoms with Crippen LogP contribution in [0.2, 0.25) is 0 Å². The maximum atomic E-state index is 13.9. The Kier molecular flexibility index (Phi) is 23.2. The van der Waals surface area contributed by atoms with Crippen molar-refractivity contribution in [1.29, 1.82) is 5.26 Å². The molecule has 0 saturated heterocycles. The van der Waals surface area contributed by atoms with Crippen LogP contribution in [0.25, 0.3) is 0 Å². The van der Waals surface area contributed by atoms with Crippen LogP contribution in [0, 0.1) is 11.3 Å². The zero-order valence-electron chi connectivity index (χ0n) is 40.4. The lowest BCUT2D eigenvalue weighted by Gasteiger charge is -2.37. The third kappa shape index (κ3) is 14.9. The Labute approximate surface area is 396 Å². The largest absolute Gasteiger partial charge is 0.497 e. The first-order chi connectivity index (χ1) is 32.2. The first-order valence-corrected chi connectivity index (χ1v) is 24.6. The van der Waals surface area contributed by atoms with Crippen molar-refractivity contribution in [2.24, 2.45) is 0 Å². The van der Waals surface area contributed by atoms with Crippen molar-refractivity contribution in [3.05, 3.63) is 167 Å². The van der Waals surface area contributed by atoms with Gasteiger partial charge in [-0.2, -0.15) is 5.26 Å². The Balaban J connectivity index is 0.00000469. The molecule has 0 spiro atoms. The second-order valence-corrected chi connectivity index (χ2v) is 17.6. The molecule has 0 aliphatic heterocycles. The highest BCUT2D eigenvalue weighted by Gasteiger charge is 2.41. The Morgan fingerprint density at radius 2 is 1.06 bits per heavy atom. The van der Waals surface area contributed by atoms with Crippen LogP contribution >= 0.6 is 8.53 Å². The predicted molar refractivity (Wildman–Crippen MR) is 267 cm³/mol. The van der Waals surface area contributed by atoms with Crippen LogP contribution in [0.3, 0.4) is 0 Å². The highest BCUT2D eigenvalue weighted by Crippen LogP contribution is 2.46. The van der Waals surface area contributed by atoms with Gasteiger partial charge in [0.25, 0.3) is 8.53 Å². The van der Waals surface area contributed by atoms with Crippen molar-refractivity contribution in [2.75, 3.05) is 40.6 Å². The molecule has 0 heterocycles. The van der Waals surface area contributed by atoms with Gasteiger partial charge >= 0.3 is 6.09 Å². The van der Waals surface area contributed by atoms with E-state index in [1.807, 2.05) is 117 Å². The molecule has 0 radical (unpaired) electrons. The summed E-state index contributed by atoms with van der Waals surface area (Å²) in [4.78, 5) is 13.9. The number of nitrogens with zero attached hydrogens (tertiary/aromatic N) is 2. The predicted octanol–water partition coefficient (Wildman–Crippen LogP) is 13.3. The molecule has 1 unspecified atom stereocenters. The molecule has 1 N–H and O–H groups in total. The summed E-state index contributed by atoms with van der Waals surface area (Å²) in [7, 11) is 2.06. The van der Waals surface area contributed by atoms with Crippen LogP contribution < -0.4 is 14.8 Å². The van der Waals surface area contributed by atoms with Gasteiger partial charge in [-0.1, -0.05) is 142 Å². The number of nitriles is 1. The Hall–Kier alpha value is -5.27. The Morgan fingerprint density at radius 1 is 0.606 bits per heavy atom. The van der Waals surface area contributed by atoms with Gasteiger partial charge in [0.05, 0.1) is 39.9 Å². The molecule has 0 aromatic heterocycles. The van der Waals surface area contributed by atoms with E-state index < -0.39 is 25.8 Å². The van der Waals surface area contributed by atoms with Gasteiger partial charge in [-0.15, -0.1) is 0 Å². The molecule has 1 atom stereocenters. The molecule has 0 aliphatic rings. The van der Waals surface area contributed by atoms with Crippen molar-refractivity contribution in [2.45, 2.75) is 110 Å². The lowest BCUT2D eigenvalue weighted by molar-refractivity contribution is -0.00900. The lowest BCUT2D eigenvalue weighted by atomic mass is 9.79. The average Bonchev–Trinajstić information content (AvgIpc) is 3.35. The Morgan fingerprint density at radius 3 is 1.53 bits per heavy atom. The number of rotatable bonds is 27. The van der Waals surface area contributed by atoms with Crippen LogP contribution in [0.15, 0.2) is 140 Å². The monoisotopic (exact) mass is 918 g/mol. The number of carbonyl (C=O) groups excluding carboxylic acids is 1. The summed E-state index contributed by atoms with van der Waals surface area (Å²) in [5.41, 5.74) is 2.53. The summed E-state index contributed by atoms with van der Waals surface area (Å²) in [6, 6.07) is 48.9. The van der Waals surface area contributed by atoms with Gasteiger partial charge in [0, 0.05) is 36.4 Å². The van der Waals surface area contributed by atoms with Crippen LogP contribution in [0.1, 0.15) is 114 Å². The van der Waals surface area contributed by atoms with Crippen LogP contribution in [-0.2, 0) is 29.7 Å². The van der Waals surface area contributed by atoms with Gasteiger partial charge < -0.3 is 33.3 Å². The molecule has 10 nitrogen and oxygen atoms in total. The first-order valence-electron chi connectivity index (χ1n) is 23.5. The van der Waals surface area contributed by atoms with Crippen molar-refractivity contribution < 1.29 is 32.8 Å². The van der Waals surface area contributed by atoms with E-state index in [0.717, 1.165) is 65.0 Å². The summed E-state index contributed by atoms with van der Waals surface area (Å²) in [6.07, 6.45) is 4.38. The number of hydrogen-bond acceptors (Lipinski definition) is 9. The van der Waals surface area contributed by atoms with Gasteiger partial charge in [-0.05, 0) is 94.3 Å². The van der Waals surface area contributed by atoms with E-state index in [2.05, 4.69) is 80.1 Å². The summed E-state index contributed by atoms with van der Waals surface area (Å²) >= 11 is 0. The fourth-order valence-corrected chi connectivity index (χ4v) is 9.71. The molecule has 66 heavy (non-hydrogen) atoms. The van der Waals surface area contributed by atoms with Crippen molar-refractivity contribution in [1.82, 2.24) is 9.99 Å². The third-order valence-electron chi connectivity index (χ3n) is 11.1. The van der Waals surface area contributed by atoms with E-state index in [9.17, 15) is 4.79 Å². The van der Waals surface area contributed by atoms with Crippen LogP contribution in [0.5, 0.6) is 11.5 Å². The topological polar surface area (TPSA) is 112 Å². The zero-order chi connectivity index (χ0) is 47.6. The van der Waals surface area contributed by atoms with Gasteiger partial charge in [-0.25, -0.2) is 9.46 Å². The van der Waals surface area contributed by atoms with Crippen molar-refractivity contribution in [3.8, 4) is 17.6 Å². The van der Waals surface area contributed by atoms with Crippen LogP contribution in [0.4, 0.5) is 4.79 Å². The fourth-order valence-electron chi connectivity index (χ4n) is 8.08. The maximum Gasteiger partial charge on any atom is 0.408 e.